The maximum atomic E-state index is 6.08. The van der Waals surface area contributed by atoms with Gasteiger partial charge in [-0.15, -0.1) is 0 Å². The third-order valence-electron chi connectivity index (χ3n) is 2.50. The predicted molar refractivity (Wildman–Crippen MR) is 70.7 cm³/mol. The number of nitrogens with zero attached hydrogens (tertiary/aromatic N) is 4. The van der Waals surface area contributed by atoms with Crippen LogP contribution in [0.1, 0.15) is 0 Å². The minimum atomic E-state index is 0.438. The predicted octanol–water partition coefficient (Wildman–Crippen LogP) is 2.68. The standard InChI is InChI=1S/C11H7Cl2N5/c12-6-3-7(13)11-17-9(10(14)18(11)4-6)8-1-2-15-5-16-8/h1-5H,14H2. The molecular weight excluding hydrogens is 273 g/mol. The van der Waals surface area contributed by atoms with Crippen molar-refractivity contribution in [1.82, 2.24) is 19.4 Å². The molecule has 5 nitrogen and oxygen atoms in total. The summed E-state index contributed by atoms with van der Waals surface area (Å²) >= 11 is 12.0. The summed E-state index contributed by atoms with van der Waals surface area (Å²) in [7, 11) is 0. The minimum Gasteiger partial charge on any atom is -0.383 e. The second-order valence-corrected chi connectivity index (χ2v) is 4.48. The molecule has 0 saturated heterocycles. The lowest BCUT2D eigenvalue weighted by Gasteiger charge is -1.99. The molecule has 3 aromatic rings. The Kier molecular flexibility index (Phi) is 2.57. The second kappa shape index (κ2) is 4.12. The van der Waals surface area contributed by atoms with E-state index in [9.17, 15) is 0 Å². The molecule has 0 aliphatic rings. The maximum Gasteiger partial charge on any atom is 0.158 e. The molecule has 0 radical (unpaired) electrons. The van der Waals surface area contributed by atoms with E-state index in [0.717, 1.165) is 0 Å². The molecule has 7 heteroatoms. The summed E-state index contributed by atoms with van der Waals surface area (Å²) in [5, 5.41) is 0.931. The molecule has 3 heterocycles. The van der Waals surface area contributed by atoms with Gasteiger partial charge in [-0.25, -0.2) is 15.0 Å². The van der Waals surface area contributed by atoms with Crippen LogP contribution in [0.15, 0.2) is 30.9 Å². The molecule has 3 rings (SSSR count). The Balaban J connectivity index is 2.33. The van der Waals surface area contributed by atoms with Crippen molar-refractivity contribution in [3.05, 3.63) is 40.9 Å². The zero-order valence-electron chi connectivity index (χ0n) is 9.01. The van der Waals surface area contributed by atoms with Gasteiger partial charge < -0.3 is 5.73 Å². The smallest absolute Gasteiger partial charge is 0.158 e. The first-order chi connectivity index (χ1) is 8.66. The number of nitrogen functional groups attached to an aromatic ring is 1. The van der Waals surface area contributed by atoms with Gasteiger partial charge in [0.05, 0.1) is 15.7 Å². The summed E-state index contributed by atoms with van der Waals surface area (Å²) in [4.78, 5) is 12.3. The van der Waals surface area contributed by atoms with Gasteiger partial charge in [-0.05, 0) is 12.1 Å². The van der Waals surface area contributed by atoms with Crippen LogP contribution >= 0.6 is 23.2 Å². The van der Waals surface area contributed by atoms with Gasteiger partial charge in [0.2, 0.25) is 0 Å². The third kappa shape index (κ3) is 1.68. The third-order valence-corrected chi connectivity index (χ3v) is 2.99. The van der Waals surface area contributed by atoms with Crippen molar-refractivity contribution in [3.8, 4) is 11.4 Å². The fraction of sp³-hybridized carbons (Fsp3) is 0. The molecule has 0 saturated carbocycles. The number of hydrogen-bond donors (Lipinski definition) is 1. The van der Waals surface area contributed by atoms with Gasteiger partial charge in [-0.3, -0.25) is 4.40 Å². The van der Waals surface area contributed by atoms with E-state index in [4.69, 9.17) is 28.9 Å². The first-order valence-corrected chi connectivity index (χ1v) is 5.81. The topological polar surface area (TPSA) is 69.1 Å². The Labute approximate surface area is 112 Å². The molecule has 0 spiro atoms. The molecule has 2 N–H and O–H groups in total. The first kappa shape index (κ1) is 11.3. The van der Waals surface area contributed by atoms with Crippen LogP contribution in [0.25, 0.3) is 17.0 Å². The van der Waals surface area contributed by atoms with Gasteiger partial charge in [0, 0.05) is 12.4 Å². The van der Waals surface area contributed by atoms with Crippen LogP contribution < -0.4 is 5.73 Å². The molecule has 0 bridgehead atoms. The second-order valence-electron chi connectivity index (χ2n) is 3.64. The molecule has 3 aromatic heterocycles. The molecule has 18 heavy (non-hydrogen) atoms. The summed E-state index contributed by atoms with van der Waals surface area (Å²) < 4.78 is 1.64. The lowest BCUT2D eigenvalue weighted by molar-refractivity contribution is 1.16. The van der Waals surface area contributed by atoms with E-state index in [0.29, 0.717) is 32.9 Å². The molecule has 0 amide bonds. The SMILES string of the molecule is Nc1c(-c2ccncn2)nc2c(Cl)cc(Cl)cn12. The summed E-state index contributed by atoms with van der Waals surface area (Å²) in [5.41, 5.74) is 7.77. The van der Waals surface area contributed by atoms with Crippen LogP contribution in [-0.2, 0) is 0 Å². The number of aromatic nitrogens is 4. The number of halogens is 2. The van der Waals surface area contributed by atoms with Gasteiger partial charge in [0.25, 0.3) is 0 Å². The van der Waals surface area contributed by atoms with E-state index >= 15 is 0 Å². The van der Waals surface area contributed by atoms with E-state index in [-0.39, 0.29) is 0 Å². The average Bonchev–Trinajstić information content (AvgIpc) is 2.69. The molecule has 0 atom stereocenters. The minimum absolute atomic E-state index is 0.438. The Bertz CT molecular complexity index is 723. The molecule has 90 valence electrons. The highest BCUT2D eigenvalue weighted by Gasteiger charge is 2.14. The molecule has 0 fully saturated rings. The fourth-order valence-corrected chi connectivity index (χ4v) is 2.22. The molecule has 0 aliphatic carbocycles. The van der Waals surface area contributed by atoms with Crippen LogP contribution in [0.4, 0.5) is 5.82 Å². The van der Waals surface area contributed by atoms with Crippen molar-refractivity contribution in [1.29, 1.82) is 0 Å². The number of imidazole rings is 1. The van der Waals surface area contributed by atoms with Crippen molar-refractivity contribution in [3.63, 3.8) is 0 Å². The Morgan fingerprint density at radius 3 is 2.83 bits per heavy atom. The van der Waals surface area contributed by atoms with Crippen LogP contribution in [0.5, 0.6) is 0 Å². The van der Waals surface area contributed by atoms with Crippen LogP contribution in [-0.4, -0.2) is 19.4 Å². The van der Waals surface area contributed by atoms with Crippen molar-refractivity contribution in [2.24, 2.45) is 0 Å². The summed E-state index contributed by atoms with van der Waals surface area (Å²) in [5.74, 6) is 0.438. The number of hydrogen-bond acceptors (Lipinski definition) is 4. The molecule has 0 unspecified atom stereocenters. The van der Waals surface area contributed by atoms with Gasteiger partial charge in [0.1, 0.15) is 17.8 Å². The van der Waals surface area contributed by atoms with E-state index in [2.05, 4.69) is 15.0 Å². The number of anilines is 1. The zero-order valence-corrected chi connectivity index (χ0v) is 10.5. The lowest BCUT2D eigenvalue weighted by atomic mass is 10.3. The Morgan fingerprint density at radius 2 is 2.11 bits per heavy atom. The van der Waals surface area contributed by atoms with Crippen LogP contribution in [0.3, 0.4) is 0 Å². The summed E-state index contributed by atoms with van der Waals surface area (Å²) in [6, 6.07) is 3.35. The lowest BCUT2D eigenvalue weighted by Crippen LogP contribution is -1.95. The number of fused-ring (bicyclic) bond motifs is 1. The summed E-state index contributed by atoms with van der Waals surface area (Å²) in [6.45, 7) is 0. The normalized spacial score (nSPS) is 11.0. The first-order valence-electron chi connectivity index (χ1n) is 5.06. The number of rotatable bonds is 1. The number of pyridine rings is 1. The van der Waals surface area contributed by atoms with Crippen molar-refractivity contribution in [2.45, 2.75) is 0 Å². The van der Waals surface area contributed by atoms with E-state index in [1.165, 1.54) is 6.33 Å². The number of nitrogens with two attached hydrogens (primary N) is 1. The van der Waals surface area contributed by atoms with Crippen LogP contribution in [0, 0.1) is 0 Å². The monoisotopic (exact) mass is 279 g/mol. The highest BCUT2D eigenvalue weighted by Crippen LogP contribution is 2.29. The zero-order chi connectivity index (χ0) is 12.7. The largest absolute Gasteiger partial charge is 0.383 e. The fourth-order valence-electron chi connectivity index (χ4n) is 1.71. The van der Waals surface area contributed by atoms with Crippen LogP contribution in [0.2, 0.25) is 10.0 Å². The molecule has 0 aliphatic heterocycles. The molecular formula is C11H7Cl2N5. The van der Waals surface area contributed by atoms with Crippen molar-refractivity contribution in [2.75, 3.05) is 5.73 Å². The average molecular weight is 280 g/mol. The van der Waals surface area contributed by atoms with E-state index in [1.807, 2.05) is 0 Å². The highest BCUT2D eigenvalue weighted by molar-refractivity contribution is 6.36. The maximum absolute atomic E-state index is 6.08. The Hall–Kier alpha value is -1.85. The van der Waals surface area contributed by atoms with Gasteiger partial charge in [0.15, 0.2) is 5.65 Å². The Morgan fingerprint density at radius 1 is 1.28 bits per heavy atom. The molecule has 0 aromatic carbocycles. The van der Waals surface area contributed by atoms with Gasteiger partial charge in [-0.2, -0.15) is 0 Å². The van der Waals surface area contributed by atoms with E-state index in [1.54, 1.807) is 28.9 Å². The van der Waals surface area contributed by atoms with Gasteiger partial charge >= 0.3 is 0 Å². The van der Waals surface area contributed by atoms with Gasteiger partial charge in [-0.1, -0.05) is 23.2 Å². The summed E-state index contributed by atoms with van der Waals surface area (Å²) in [6.07, 6.45) is 4.73. The van der Waals surface area contributed by atoms with Crippen molar-refractivity contribution < 1.29 is 0 Å². The van der Waals surface area contributed by atoms with E-state index < -0.39 is 0 Å². The van der Waals surface area contributed by atoms with Crippen molar-refractivity contribution >= 4 is 34.7 Å². The quantitative estimate of drug-likeness (QED) is 0.744. The highest BCUT2D eigenvalue weighted by atomic mass is 35.5.